The molecule has 0 saturated carbocycles. The normalized spacial score (nSPS) is 15.6. The fraction of sp³-hybridized carbons (Fsp3) is 0.500. The van der Waals surface area contributed by atoms with E-state index < -0.39 is 0 Å². The van der Waals surface area contributed by atoms with Gasteiger partial charge in [0.1, 0.15) is 17.3 Å². The van der Waals surface area contributed by atoms with Gasteiger partial charge in [0.2, 0.25) is 0 Å². The third kappa shape index (κ3) is 6.44. The molecule has 0 N–H and O–H groups in total. The molecule has 1 aliphatic heterocycles. The van der Waals surface area contributed by atoms with Gasteiger partial charge in [-0.15, -0.1) is 0 Å². The van der Waals surface area contributed by atoms with Gasteiger partial charge in [-0.3, -0.25) is 4.90 Å². The second-order valence-electron chi connectivity index (χ2n) is 8.04. The topological polar surface area (TPSA) is 24.9 Å². The number of likely N-dealkylation sites (tertiary alicyclic amines) is 1. The first-order valence-electron chi connectivity index (χ1n) is 10.4. The number of nitrogens with zero attached hydrogens (tertiary/aromatic N) is 2. The van der Waals surface area contributed by atoms with E-state index in [0.29, 0.717) is 18.2 Å². The Bertz CT molecular complexity index is 758. The summed E-state index contributed by atoms with van der Waals surface area (Å²) in [6, 6.07) is 13.4. The zero-order valence-corrected chi connectivity index (χ0v) is 17.9. The summed E-state index contributed by atoms with van der Waals surface area (Å²) in [5.74, 6) is 1.91. The summed E-state index contributed by atoms with van der Waals surface area (Å²) in [5.41, 5.74) is 2.00. The minimum Gasteiger partial charge on any atom is -0.497 e. The minimum atomic E-state index is -0.192. The summed E-state index contributed by atoms with van der Waals surface area (Å²) in [7, 11) is 5.43. The van der Waals surface area contributed by atoms with Crippen LogP contribution in [0.2, 0.25) is 0 Å². The maximum absolute atomic E-state index is 14.5. The number of ether oxygens (including phenoxy) is 2. The lowest BCUT2D eigenvalue weighted by Crippen LogP contribution is -2.37. The van der Waals surface area contributed by atoms with Crippen LogP contribution >= 0.6 is 0 Å². The lowest BCUT2D eigenvalue weighted by Gasteiger charge is -2.33. The van der Waals surface area contributed by atoms with Gasteiger partial charge < -0.3 is 14.4 Å². The van der Waals surface area contributed by atoms with Crippen LogP contribution in [0.25, 0.3) is 0 Å². The van der Waals surface area contributed by atoms with E-state index in [9.17, 15) is 4.39 Å². The maximum Gasteiger partial charge on any atom is 0.131 e. The van der Waals surface area contributed by atoms with Crippen molar-refractivity contribution in [2.24, 2.45) is 5.92 Å². The van der Waals surface area contributed by atoms with Gasteiger partial charge in [-0.05, 0) is 69.1 Å². The molecule has 0 spiro atoms. The van der Waals surface area contributed by atoms with Gasteiger partial charge in [-0.25, -0.2) is 4.39 Å². The summed E-state index contributed by atoms with van der Waals surface area (Å²) >= 11 is 0. The average molecular weight is 401 g/mol. The van der Waals surface area contributed by atoms with Crippen molar-refractivity contribution in [2.75, 3.05) is 47.4 Å². The molecule has 0 atom stereocenters. The number of halogens is 1. The molecule has 0 amide bonds. The summed E-state index contributed by atoms with van der Waals surface area (Å²) in [5, 5.41) is 0. The van der Waals surface area contributed by atoms with Gasteiger partial charge >= 0.3 is 0 Å². The van der Waals surface area contributed by atoms with Gasteiger partial charge in [0.15, 0.2) is 0 Å². The van der Waals surface area contributed by atoms with Crippen LogP contribution in [0, 0.1) is 11.7 Å². The Morgan fingerprint density at radius 1 is 1.00 bits per heavy atom. The first-order valence-corrected chi connectivity index (χ1v) is 10.4. The Kier molecular flexibility index (Phi) is 7.90. The van der Waals surface area contributed by atoms with Crippen molar-refractivity contribution in [3.8, 4) is 11.5 Å². The Balaban J connectivity index is 1.66. The largest absolute Gasteiger partial charge is 0.497 e. The Morgan fingerprint density at radius 3 is 2.28 bits per heavy atom. The molecule has 2 aromatic rings. The molecule has 4 nitrogen and oxygen atoms in total. The van der Waals surface area contributed by atoms with Crippen LogP contribution < -0.4 is 9.47 Å². The highest BCUT2D eigenvalue weighted by Crippen LogP contribution is 2.22. The Labute approximate surface area is 174 Å². The number of rotatable bonds is 9. The number of methoxy groups -OCH3 is 2. The molecule has 0 unspecified atom stereocenters. The van der Waals surface area contributed by atoms with Gasteiger partial charge in [0.05, 0.1) is 14.2 Å². The van der Waals surface area contributed by atoms with E-state index in [0.717, 1.165) is 43.9 Å². The van der Waals surface area contributed by atoms with Crippen LogP contribution in [0.4, 0.5) is 4.39 Å². The van der Waals surface area contributed by atoms with Crippen molar-refractivity contribution in [2.45, 2.75) is 25.8 Å². The standard InChI is InChI=1S/C24H33FN2O2/c1-26-13-10-20(11-14-26)17-27(15-12-19-4-7-22(28-2)8-5-19)18-21-6-9-23(29-3)16-24(21)25/h4-9,16,20H,10-15,17-18H2,1-3H3. The van der Waals surface area contributed by atoms with Crippen molar-refractivity contribution in [1.82, 2.24) is 9.80 Å². The van der Waals surface area contributed by atoms with E-state index in [4.69, 9.17) is 9.47 Å². The van der Waals surface area contributed by atoms with Gasteiger partial charge in [0.25, 0.3) is 0 Å². The molecule has 1 heterocycles. The lowest BCUT2D eigenvalue weighted by atomic mass is 9.96. The fourth-order valence-corrected chi connectivity index (χ4v) is 3.95. The minimum absolute atomic E-state index is 0.192. The Morgan fingerprint density at radius 2 is 1.66 bits per heavy atom. The van der Waals surface area contributed by atoms with Crippen molar-refractivity contribution in [1.29, 1.82) is 0 Å². The molecule has 158 valence electrons. The highest BCUT2D eigenvalue weighted by atomic mass is 19.1. The molecule has 0 aromatic heterocycles. The summed E-state index contributed by atoms with van der Waals surface area (Å²) in [6.45, 7) is 4.83. The van der Waals surface area contributed by atoms with Crippen molar-refractivity contribution in [3.63, 3.8) is 0 Å². The smallest absolute Gasteiger partial charge is 0.131 e. The third-order valence-corrected chi connectivity index (χ3v) is 5.88. The Hall–Kier alpha value is -2.11. The zero-order valence-electron chi connectivity index (χ0n) is 17.9. The lowest BCUT2D eigenvalue weighted by molar-refractivity contribution is 0.156. The molecule has 1 aliphatic rings. The van der Waals surface area contributed by atoms with E-state index in [1.807, 2.05) is 24.3 Å². The monoisotopic (exact) mass is 400 g/mol. The first-order chi connectivity index (χ1) is 14.1. The fourth-order valence-electron chi connectivity index (χ4n) is 3.95. The maximum atomic E-state index is 14.5. The molecule has 0 aliphatic carbocycles. The molecule has 1 fully saturated rings. The van der Waals surface area contributed by atoms with Gasteiger partial charge in [-0.2, -0.15) is 0 Å². The molecular formula is C24H33FN2O2. The molecule has 5 heteroatoms. The highest BCUT2D eigenvalue weighted by Gasteiger charge is 2.20. The summed E-state index contributed by atoms with van der Waals surface area (Å²) in [4.78, 5) is 4.80. The predicted octanol–water partition coefficient (Wildman–Crippen LogP) is 4.23. The van der Waals surface area contributed by atoms with Crippen LogP contribution in [0.15, 0.2) is 42.5 Å². The molecular weight excluding hydrogens is 367 g/mol. The van der Waals surface area contributed by atoms with Crippen molar-refractivity contribution < 1.29 is 13.9 Å². The van der Waals surface area contributed by atoms with Crippen LogP contribution in [-0.2, 0) is 13.0 Å². The number of benzene rings is 2. The highest BCUT2D eigenvalue weighted by molar-refractivity contribution is 5.29. The van der Waals surface area contributed by atoms with Crippen LogP contribution in [0.1, 0.15) is 24.0 Å². The summed E-state index contributed by atoms with van der Waals surface area (Å²) in [6.07, 6.45) is 3.36. The van der Waals surface area contributed by atoms with E-state index in [2.05, 4.69) is 29.0 Å². The third-order valence-electron chi connectivity index (χ3n) is 5.88. The SMILES string of the molecule is COc1ccc(CCN(Cc2ccc(OC)cc2F)CC2CCN(C)CC2)cc1. The molecule has 3 rings (SSSR count). The molecule has 1 saturated heterocycles. The van der Waals surface area contributed by atoms with E-state index in [1.54, 1.807) is 14.2 Å². The van der Waals surface area contributed by atoms with E-state index in [-0.39, 0.29) is 5.82 Å². The molecule has 0 radical (unpaired) electrons. The zero-order chi connectivity index (χ0) is 20.6. The van der Waals surface area contributed by atoms with E-state index >= 15 is 0 Å². The first kappa shape index (κ1) is 21.6. The number of hydrogen-bond acceptors (Lipinski definition) is 4. The predicted molar refractivity (Wildman–Crippen MR) is 115 cm³/mol. The van der Waals surface area contributed by atoms with Gasteiger partial charge in [-0.1, -0.05) is 18.2 Å². The second kappa shape index (κ2) is 10.6. The van der Waals surface area contributed by atoms with E-state index in [1.165, 1.54) is 24.5 Å². The quantitative estimate of drug-likeness (QED) is 0.629. The summed E-state index contributed by atoms with van der Waals surface area (Å²) < 4.78 is 24.9. The molecule has 2 aromatic carbocycles. The molecule has 0 bridgehead atoms. The average Bonchev–Trinajstić information content (AvgIpc) is 2.75. The van der Waals surface area contributed by atoms with Crippen molar-refractivity contribution in [3.05, 3.63) is 59.4 Å². The molecule has 29 heavy (non-hydrogen) atoms. The number of hydrogen-bond donors (Lipinski definition) is 0. The van der Waals surface area contributed by atoms with Crippen LogP contribution in [-0.4, -0.2) is 57.2 Å². The number of piperidine rings is 1. The van der Waals surface area contributed by atoms with Gasteiger partial charge in [0, 0.05) is 31.3 Å². The van der Waals surface area contributed by atoms with Crippen LogP contribution in [0.5, 0.6) is 11.5 Å². The second-order valence-corrected chi connectivity index (χ2v) is 8.04. The van der Waals surface area contributed by atoms with Crippen molar-refractivity contribution >= 4 is 0 Å². The van der Waals surface area contributed by atoms with Crippen LogP contribution in [0.3, 0.4) is 0 Å².